The molecule has 2 aromatic carbocycles. The highest BCUT2D eigenvalue weighted by Gasteiger charge is 2.37. The first-order valence-electron chi connectivity index (χ1n) is 18.1. The van der Waals surface area contributed by atoms with Crippen molar-refractivity contribution in [1.82, 2.24) is 24.8 Å². The van der Waals surface area contributed by atoms with E-state index in [0.29, 0.717) is 29.6 Å². The SMILES string of the molecule is Cc1cc(C#CCCCCCCCC(=O)NCc2cn([C@H]3C[C@H](O)[C@@H](CO[P+](=O)O)O3)c(=O)[nH]c2=O)cc(C)c1Oc1ccnc(Nc2ccc(C#N)cc2)n1. The lowest BCUT2D eigenvalue weighted by Gasteiger charge is -2.15. The maximum Gasteiger partial charge on any atom is 0.694 e. The topological polar surface area (TPSA) is 231 Å². The number of amides is 1. The number of nitrogens with one attached hydrogen (secondary N) is 3. The van der Waals surface area contributed by atoms with Gasteiger partial charge in [-0.25, -0.2) is 9.78 Å². The third kappa shape index (κ3) is 12.1. The van der Waals surface area contributed by atoms with Gasteiger partial charge < -0.3 is 25.2 Å². The average Bonchev–Trinajstić information content (AvgIpc) is 3.54. The summed E-state index contributed by atoms with van der Waals surface area (Å²) in [5.41, 5.74) is 2.80. The van der Waals surface area contributed by atoms with Crippen LogP contribution in [0.15, 0.2) is 64.4 Å². The molecular formula is C39H43N7O9P+. The van der Waals surface area contributed by atoms with E-state index in [1.54, 1.807) is 36.5 Å². The fourth-order valence-corrected chi connectivity index (χ4v) is 6.29. The molecule has 2 aromatic heterocycles. The predicted octanol–water partition coefficient (Wildman–Crippen LogP) is 5.06. The molecule has 1 aliphatic heterocycles. The highest BCUT2D eigenvalue weighted by atomic mass is 31.1. The van der Waals surface area contributed by atoms with E-state index in [9.17, 15) is 24.1 Å². The number of nitriles is 1. The second kappa shape index (κ2) is 20.3. The molecule has 3 heterocycles. The summed E-state index contributed by atoms with van der Waals surface area (Å²) in [4.78, 5) is 57.0. The van der Waals surface area contributed by atoms with Crippen LogP contribution >= 0.6 is 8.25 Å². The van der Waals surface area contributed by atoms with Gasteiger partial charge in [0.1, 0.15) is 24.7 Å². The van der Waals surface area contributed by atoms with Gasteiger partial charge in [0.15, 0.2) is 0 Å². The Hall–Kier alpha value is -5.74. The lowest BCUT2D eigenvalue weighted by Crippen LogP contribution is -2.36. The number of anilines is 2. The quantitative estimate of drug-likeness (QED) is 0.0536. The third-order valence-electron chi connectivity index (χ3n) is 8.89. The zero-order valence-corrected chi connectivity index (χ0v) is 31.9. The zero-order chi connectivity index (χ0) is 40.0. The minimum Gasteiger partial charge on any atom is -0.438 e. The number of benzene rings is 2. The number of aromatic amines is 1. The molecule has 0 saturated carbocycles. The number of aromatic nitrogens is 4. The second-order valence-corrected chi connectivity index (χ2v) is 13.9. The monoisotopic (exact) mass is 784 g/mol. The third-order valence-corrected chi connectivity index (χ3v) is 9.26. The fourth-order valence-electron chi connectivity index (χ4n) is 6.02. The van der Waals surface area contributed by atoms with Crippen LogP contribution < -0.4 is 26.6 Å². The van der Waals surface area contributed by atoms with Crippen molar-refractivity contribution in [2.75, 3.05) is 11.9 Å². The predicted molar refractivity (Wildman–Crippen MR) is 205 cm³/mol. The Balaban J connectivity index is 0.991. The Kier molecular flexibility index (Phi) is 15.0. The number of nitrogens with zero attached hydrogens (tertiary/aromatic N) is 4. The van der Waals surface area contributed by atoms with Gasteiger partial charge >= 0.3 is 13.9 Å². The van der Waals surface area contributed by atoms with Crippen LogP contribution in [0.2, 0.25) is 0 Å². The van der Waals surface area contributed by atoms with E-state index < -0.39 is 37.9 Å². The number of aliphatic hydroxyl groups excluding tert-OH is 1. The molecule has 0 bridgehead atoms. The lowest BCUT2D eigenvalue weighted by atomic mass is 10.1. The molecule has 1 amide bonds. The second-order valence-electron chi connectivity index (χ2n) is 13.2. The Morgan fingerprint density at radius 2 is 1.82 bits per heavy atom. The molecule has 4 aromatic rings. The van der Waals surface area contributed by atoms with Crippen molar-refractivity contribution in [2.45, 2.75) is 90.2 Å². The highest BCUT2D eigenvalue weighted by Crippen LogP contribution is 2.31. The van der Waals surface area contributed by atoms with Gasteiger partial charge in [-0.15, -0.1) is 9.42 Å². The van der Waals surface area contributed by atoms with Crippen LogP contribution in [0.4, 0.5) is 11.6 Å². The molecular weight excluding hydrogens is 741 g/mol. The number of hydrogen-bond acceptors (Lipinski definition) is 12. The lowest BCUT2D eigenvalue weighted by molar-refractivity contribution is -0.121. The van der Waals surface area contributed by atoms with Crippen molar-refractivity contribution in [3.05, 3.63) is 104 Å². The van der Waals surface area contributed by atoms with Gasteiger partial charge in [0.25, 0.3) is 5.56 Å². The summed E-state index contributed by atoms with van der Waals surface area (Å²) >= 11 is 0. The molecule has 292 valence electrons. The summed E-state index contributed by atoms with van der Waals surface area (Å²) in [5.74, 6) is 7.73. The first kappa shape index (κ1) is 41.4. The molecule has 5 N–H and O–H groups in total. The Morgan fingerprint density at radius 1 is 1.09 bits per heavy atom. The number of aliphatic hydroxyl groups is 1. The summed E-state index contributed by atoms with van der Waals surface area (Å²) in [7, 11) is -2.88. The van der Waals surface area contributed by atoms with Crippen LogP contribution in [0.3, 0.4) is 0 Å². The van der Waals surface area contributed by atoms with Gasteiger partial charge in [0, 0.05) is 60.1 Å². The van der Waals surface area contributed by atoms with Crippen molar-refractivity contribution in [2.24, 2.45) is 0 Å². The van der Waals surface area contributed by atoms with Crippen LogP contribution in [-0.2, 0) is 25.2 Å². The molecule has 0 radical (unpaired) electrons. The van der Waals surface area contributed by atoms with E-state index in [4.69, 9.17) is 19.6 Å². The number of rotatable bonds is 17. The van der Waals surface area contributed by atoms with Crippen molar-refractivity contribution >= 4 is 25.8 Å². The van der Waals surface area contributed by atoms with Gasteiger partial charge in [-0.3, -0.25) is 19.1 Å². The van der Waals surface area contributed by atoms with E-state index in [1.165, 1.54) is 6.20 Å². The minimum atomic E-state index is -2.88. The van der Waals surface area contributed by atoms with Crippen LogP contribution in [0, 0.1) is 37.0 Å². The van der Waals surface area contributed by atoms with E-state index in [0.717, 1.165) is 59.0 Å². The van der Waals surface area contributed by atoms with Gasteiger partial charge in [0.2, 0.25) is 17.7 Å². The normalized spacial score (nSPS) is 16.3. The molecule has 1 unspecified atom stereocenters. The number of H-pyrrole nitrogens is 1. The fraction of sp³-hybridized carbons (Fsp3) is 0.385. The van der Waals surface area contributed by atoms with Crippen molar-refractivity contribution in [3.8, 4) is 29.5 Å². The smallest absolute Gasteiger partial charge is 0.438 e. The molecule has 56 heavy (non-hydrogen) atoms. The Morgan fingerprint density at radius 3 is 2.55 bits per heavy atom. The van der Waals surface area contributed by atoms with Gasteiger partial charge in [-0.05, 0) is 74.2 Å². The van der Waals surface area contributed by atoms with E-state index in [1.807, 2.05) is 26.0 Å². The standard InChI is InChI=1S/C39H42N7O9P/c1-25-18-28(19-26(2)36(25)55-34-16-17-41-38(44-34)43-30-14-12-27(21-40)13-15-30)10-8-6-4-3-5-7-9-11-33(48)42-22-29-23-46(39(50)45-37(29)49)35-20-31(47)32(54-35)24-53-56(51)52/h12-19,23,31-32,35,47H,3-7,9,11,20,22,24H2,1-2H3,(H3-,41,42,43,44,45,48,49,50,51,52)/p+1/t31-,32+,35+/m0/s1. The van der Waals surface area contributed by atoms with E-state index in [2.05, 4.69) is 48.0 Å². The maximum absolute atomic E-state index is 12.5. The van der Waals surface area contributed by atoms with Gasteiger partial charge in [-0.2, -0.15) is 10.2 Å². The zero-order valence-electron chi connectivity index (χ0n) is 31.0. The summed E-state index contributed by atoms with van der Waals surface area (Å²) in [6.07, 6.45) is 5.41. The first-order valence-corrected chi connectivity index (χ1v) is 19.2. The number of aryl methyl sites for hydroxylation is 2. The molecule has 17 heteroatoms. The van der Waals surface area contributed by atoms with Crippen molar-refractivity contribution in [1.29, 1.82) is 5.26 Å². The molecule has 5 rings (SSSR count). The van der Waals surface area contributed by atoms with Gasteiger partial charge in [0.05, 0.1) is 23.3 Å². The molecule has 1 fully saturated rings. The summed E-state index contributed by atoms with van der Waals surface area (Å²) in [6, 6.07) is 14.7. The average molecular weight is 785 g/mol. The first-order chi connectivity index (χ1) is 27.0. The van der Waals surface area contributed by atoms with Crippen LogP contribution in [0.25, 0.3) is 0 Å². The number of ether oxygens (including phenoxy) is 2. The molecule has 0 aliphatic carbocycles. The molecule has 1 saturated heterocycles. The van der Waals surface area contributed by atoms with Crippen LogP contribution in [0.5, 0.6) is 11.6 Å². The van der Waals surface area contributed by atoms with E-state index >= 15 is 0 Å². The van der Waals surface area contributed by atoms with Crippen LogP contribution in [0.1, 0.15) is 85.4 Å². The summed E-state index contributed by atoms with van der Waals surface area (Å²) < 4.78 is 28.3. The summed E-state index contributed by atoms with van der Waals surface area (Å²) in [5, 5.41) is 25.0. The highest BCUT2D eigenvalue weighted by molar-refractivity contribution is 7.32. The van der Waals surface area contributed by atoms with Crippen molar-refractivity contribution in [3.63, 3.8) is 0 Å². The van der Waals surface area contributed by atoms with Crippen molar-refractivity contribution < 1.29 is 33.4 Å². The number of carbonyl (C=O) groups excluding carboxylic acids is 1. The number of hydrogen-bond donors (Lipinski definition) is 5. The number of carbonyl (C=O) groups is 1. The molecule has 0 spiro atoms. The minimum absolute atomic E-state index is 0.000575. The maximum atomic E-state index is 12.5. The number of unbranched alkanes of at least 4 members (excludes halogenated alkanes) is 5. The van der Waals surface area contributed by atoms with Gasteiger partial charge in [-0.1, -0.05) is 31.1 Å². The van der Waals surface area contributed by atoms with E-state index in [-0.39, 0.29) is 37.5 Å². The largest absolute Gasteiger partial charge is 0.694 e. The molecule has 4 atom stereocenters. The summed E-state index contributed by atoms with van der Waals surface area (Å²) in [6.45, 7) is 3.48. The molecule has 16 nitrogen and oxygen atoms in total. The molecule has 1 aliphatic rings. The van der Waals surface area contributed by atoms with Crippen LogP contribution in [-0.4, -0.2) is 54.2 Å². The Bertz CT molecular complexity index is 2220. The Labute approximate surface area is 323 Å².